The van der Waals surface area contributed by atoms with Crippen LogP contribution in [-0.2, 0) is 0 Å². The molecule has 1 N–H and O–H groups in total. The smallest absolute Gasteiger partial charge is 0.218 e. The number of allylic oxidation sites excluding steroid dienone is 6. The summed E-state index contributed by atoms with van der Waals surface area (Å²) in [6.07, 6.45) is 34.5. The van der Waals surface area contributed by atoms with Gasteiger partial charge in [0.15, 0.2) is 5.65 Å². The van der Waals surface area contributed by atoms with E-state index in [1.165, 1.54) is 67.2 Å². The van der Waals surface area contributed by atoms with Gasteiger partial charge >= 0.3 is 0 Å². The maximum Gasteiger partial charge on any atom is 0.218 e. The number of hydrogen-bond donors (Lipinski definition) is 1. The summed E-state index contributed by atoms with van der Waals surface area (Å²) in [5, 5.41) is 20.2. The predicted octanol–water partition coefficient (Wildman–Crippen LogP) is 11.1. The maximum absolute atomic E-state index is 10.5. The summed E-state index contributed by atoms with van der Waals surface area (Å²) in [6, 6.07) is 8.48. The highest BCUT2D eigenvalue weighted by Gasteiger charge is 2.59. The molecule has 4 saturated carbocycles. The SMILES string of the molecule is CC12CCC(Oc3ccnc4c(C5=CCC6C7CC=C8CC(O)CCC8(C)C7CCC56C)cnn34)CC1=CCC1C2CCC2(C)C(c3cnn4ccccc34)=CCC12. The highest BCUT2D eigenvalue weighted by molar-refractivity contribution is 5.83. The van der Waals surface area contributed by atoms with Crippen LogP contribution in [0.4, 0.5) is 0 Å². The Hall–Kier alpha value is -3.97. The molecule has 0 saturated heterocycles. The molecule has 12 rings (SSSR count). The van der Waals surface area contributed by atoms with Crippen LogP contribution in [0.2, 0.25) is 0 Å². The Morgan fingerprint density at radius 3 is 2.02 bits per heavy atom. The molecule has 0 aliphatic heterocycles. The fraction of sp³-hybridized carbons (Fsp3) is 0.588. The molecule has 4 aromatic heterocycles. The number of pyridine rings is 1. The van der Waals surface area contributed by atoms with Crippen molar-refractivity contribution in [3.05, 3.63) is 95.6 Å². The van der Waals surface area contributed by atoms with E-state index in [-0.39, 0.29) is 33.9 Å². The summed E-state index contributed by atoms with van der Waals surface area (Å²) in [5.41, 5.74) is 11.7. The van der Waals surface area contributed by atoms with Crippen LogP contribution in [-0.4, -0.2) is 41.5 Å². The Kier molecular flexibility index (Phi) is 7.76. The molecule has 7 heteroatoms. The van der Waals surface area contributed by atoms with E-state index in [0.717, 1.165) is 74.2 Å². The molecule has 302 valence electrons. The first-order valence-electron chi connectivity index (χ1n) is 23.0. The molecular weight excluding hydrogens is 715 g/mol. The van der Waals surface area contributed by atoms with Gasteiger partial charge in [-0.25, -0.2) is 9.50 Å². The van der Waals surface area contributed by atoms with Crippen molar-refractivity contribution in [3.8, 4) is 5.88 Å². The van der Waals surface area contributed by atoms with Crippen LogP contribution in [0.3, 0.4) is 0 Å². The number of fused-ring (bicyclic) bond motifs is 12. The minimum atomic E-state index is -0.152. The van der Waals surface area contributed by atoms with Gasteiger partial charge in [-0.3, -0.25) is 0 Å². The van der Waals surface area contributed by atoms with Crippen molar-refractivity contribution >= 4 is 22.3 Å². The van der Waals surface area contributed by atoms with E-state index in [4.69, 9.17) is 19.9 Å². The minimum Gasteiger partial charge on any atom is -0.474 e. The Bertz CT molecular complexity index is 2470. The third kappa shape index (κ3) is 4.86. The van der Waals surface area contributed by atoms with E-state index in [0.29, 0.717) is 17.8 Å². The summed E-state index contributed by atoms with van der Waals surface area (Å²) in [7, 11) is 0. The maximum atomic E-state index is 10.5. The minimum absolute atomic E-state index is 0.124. The average molecular weight is 776 g/mol. The zero-order valence-electron chi connectivity index (χ0n) is 35.0. The second kappa shape index (κ2) is 12.5. The summed E-state index contributed by atoms with van der Waals surface area (Å²) in [5.74, 6) is 5.02. The molecule has 12 unspecified atom stereocenters. The summed E-state index contributed by atoms with van der Waals surface area (Å²) in [4.78, 5) is 4.98. The zero-order valence-corrected chi connectivity index (χ0v) is 35.0. The third-order valence-electron chi connectivity index (χ3n) is 19.0. The standard InChI is InChI=1S/C51H61N5O2/c1-48-21-16-33(57)27-31(48)8-10-35-40-13-15-42(51(40,4)24-19-43(35)48)38-30-54-56-46(20-25-52-47(38)56)58-34-17-22-49(2)32(28-34)9-11-36-39-12-14-41(50(39,3)23-18-44(36)49)37-29-53-55-26-6-5-7-45(37)55/h5-9,14-15,20,25-26,29-30,33-36,39-40,43-44,57H,10-13,16-19,21-24,27-28H2,1-4H3. The zero-order chi connectivity index (χ0) is 39.2. The average Bonchev–Trinajstić information content (AvgIpc) is 4.01. The van der Waals surface area contributed by atoms with Gasteiger partial charge in [0.25, 0.3) is 0 Å². The van der Waals surface area contributed by atoms with E-state index in [1.807, 2.05) is 21.3 Å². The molecule has 8 aliphatic carbocycles. The summed E-state index contributed by atoms with van der Waals surface area (Å²) in [6.45, 7) is 10.2. The van der Waals surface area contributed by atoms with Crippen molar-refractivity contribution in [1.82, 2.24) is 24.2 Å². The van der Waals surface area contributed by atoms with Crippen LogP contribution in [0.25, 0.3) is 22.3 Å². The van der Waals surface area contributed by atoms with Crippen molar-refractivity contribution in [3.63, 3.8) is 0 Å². The van der Waals surface area contributed by atoms with Gasteiger partial charge < -0.3 is 9.84 Å². The lowest BCUT2D eigenvalue weighted by Crippen LogP contribution is -2.50. The van der Waals surface area contributed by atoms with Crippen LogP contribution in [0.15, 0.2) is 84.5 Å². The predicted molar refractivity (Wildman–Crippen MR) is 229 cm³/mol. The van der Waals surface area contributed by atoms with E-state index in [2.05, 4.69) is 88.8 Å². The lowest BCUT2D eigenvalue weighted by Gasteiger charge is -2.57. The van der Waals surface area contributed by atoms with Crippen molar-refractivity contribution in [2.75, 3.05) is 0 Å². The van der Waals surface area contributed by atoms with Gasteiger partial charge in [-0.2, -0.15) is 14.7 Å². The molecule has 0 radical (unpaired) electrons. The monoisotopic (exact) mass is 775 g/mol. The van der Waals surface area contributed by atoms with Crippen molar-refractivity contribution in [2.24, 2.45) is 57.2 Å². The first-order chi connectivity index (χ1) is 28.1. The topological polar surface area (TPSA) is 77.0 Å². The number of rotatable bonds is 4. The van der Waals surface area contributed by atoms with Gasteiger partial charge in [0.2, 0.25) is 5.88 Å². The fourth-order valence-electron chi connectivity index (χ4n) is 15.8. The van der Waals surface area contributed by atoms with Crippen molar-refractivity contribution < 1.29 is 9.84 Å². The molecule has 0 spiro atoms. The van der Waals surface area contributed by atoms with Gasteiger partial charge in [-0.1, -0.05) is 69.2 Å². The Morgan fingerprint density at radius 1 is 0.655 bits per heavy atom. The third-order valence-corrected chi connectivity index (χ3v) is 19.0. The van der Waals surface area contributed by atoms with E-state index >= 15 is 0 Å². The second-order valence-corrected chi connectivity index (χ2v) is 21.2. The molecule has 0 aromatic carbocycles. The van der Waals surface area contributed by atoms with Crippen molar-refractivity contribution in [1.29, 1.82) is 0 Å². The van der Waals surface area contributed by atoms with Gasteiger partial charge in [-0.05, 0) is 164 Å². The van der Waals surface area contributed by atoms with E-state index < -0.39 is 0 Å². The lowest BCUT2D eigenvalue weighted by atomic mass is 9.47. The summed E-state index contributed by atoms with van der Waals surface area (Å²) >= 11 is 0. The summed E-state index contributed by atoms with van der Waals surface area (Å²) < 4.78 is 11.0. The van der Waals surface area contributed by atoms with Crippen LogP contribution < -0.4 is 4.74 Å². The second-order valence-electron chi connectivity index (χ2n) is 21.2. The molecule has 0 amide bonds. The highest BCUT2D eigenvalue weighted by atomic mass is 16.5. The van der Waals surface area contributed by atoms with Crippen LogP contribution in [0.5, 0.6) is 5.88 Å². The van der Waals surface area contributed by atoms with Crippen LogP contribution in [0.1, 0.15) is 129 Å². The van der Waals surface area contributed by atoms with Gasteiger partial charge in [0, 0.05) is 36.0 Å². The largest absolute Gasteiger partial charge is 0.474 e. The van der Waals surface area contributed by atoms with Crippen LogP contribution in [0, 0.1) is 57.2 Å². The first-order valence-corrected chi connectivity index (χ1v) is 23.0. The molecule has 4 aromatic rings. The molecule has 8 aliphatic rings. The molecule has 4 heterocycles. The first kappa shape index (κ1) is 35.9. The molecule has 58 heavy (non-hydrogen) atoms. The Morgan fingerprint density at radius 2 is 1.29 bits per heavy atom. The normalized spacial score (nSPS) is 41.6. The van der Waals surface area contributed by atoms with E-state index in [1.54, 1.807) is 16.7 Å². The number of aromatic nitrogens is 5. The number of ether oxygens (including phenoxy) is 1. The Balaban J connectivity index is 0.763. The molecular formula is C51H61N5O2. The van der Waals surface area contributed by atoms with Gasteiger partial charge in [0.1, 0.15) is 6.10 Å². The molecule has 4 fully saturated rings. The number of aliphatic hydroxyl groups excluding tert-OH is 1. The molecule has 0 bridgehead atoms. The van der Waals surface area contributed by atoms with Gasteiger partial charge in [0.05, 0.1) is 24.0 Å². The molecule has 12 atom stereocenters. The quantitative estimate of drug-likeness (QED) is 0.209. The Labute approximate surface area is 343 Å². The number of aliphatic hydroxyl groups is 1. The highest BCUT2D eigenvalue weighted by Crippen LogP contribution is 2.68. The van der Waals surface area contributed by atoms with Gasteiger partial charge in [-0.15, -0.1) is 0 Å². The van der Waals surface area contributed by atoms with Crippen LogP contribution >= 0.6 is 0 Å². The number of hydrogen-bond acceptors (Lipinski definition) is 5. The molecule has 7 nitrogen and oxygen atoms in total. The lowest BCUT2D eigenvalue weighted by molar-refractivity contribution is -0.0238. The van der Waals surface area contributed by atoms with E-state index in [9.17, 15) is 5.11 Å². The fourth-order valence-corrected chi connectivity index (χ4v) is 15.8. The number of nitrogens with zero attached hydrogens (tertiary/aromatic N) is 5. The van der Waals surface area contributed by atoms with Crippen molar-refractivity contribution in [2.45, 2.75) is 130 Å².